The highest BCUT2D eigenvalue weighted by Crippen LogP contribution is 2.26. The number of aliphatic hydroxyl groups excluding tert-OH is 1. The van der Waals surface area contributed by atoms with Crippen molar-refractivity contribution in [2.75, 3.05) is 17.7 Å². The number of hydrogen-bond donors (Lipinski definition) is 3. The van der Waals surface area contributed by atoms with Gasteiger partial charge in [0.15, 0.2) is 0 Å². The van der Waals surface area contributed by atoms with Crippen molar-refractivity contribution in [3.63, 3.8) is 0 Å². The second-order valence-corrected chi connectivity index (χ2v) is 5.67. The van der Waals surface area contributed by atoms with Gasteiger partial charge in [-0.05, 0) is 24.3 Å². The smallest absolute Gasteiger partial charge is 0.323 e. The van der Waals surface area contributed by atoms with Crippen LogP contribution in [0.25, 0.3) is 0 Å². The van der Waals surface area contributed by atoms with Crippen molar-refractivity contribution in [2.45, 2.75) is 6.61 Å². The summed E-state index contributed by atoms with van der Waals surface area (Å²) < 4.78 is 5.81. The summed E-state index contributed by atoms with van der Waals surface area (Å²) >= 11 is 9.28. The van der Waals surface area contributed by atoms with Gasteiger partial charge in [-0.1, -0.05) is 33.6 Å². The summed E-state index contributed by atoms with van der Waals surface area (Å²) in [6, 6.07) is 9.71. The van der Waals surface area contributed by atoms with Gasteiger partial charge in [0.05, 0.1) is 13.7 Å². The Kier molecular flexibility index (Phi) is 5.65. The number of amides is 2. The molecule has 0 spiro atoms. The number of benzene rings is 2. The van der Waals surface area contributed by atoms with E-state index >= 15 is 0 Å². The first kappa shape index (κ1) is 16.6. The average molecular weight is 386 g/mol. The Morgan fingerprint density at radius 3 is 2.77 bits per heavy atom. The van der Waals surface area contributed by atoms with E-state index in [4.69, 9.17) is 16.3 Å². The molecular formula is C15H14BrClN2O3. The van der Waals surface area contributed by atoms with Crippen LogP contribution in [0.5, 0.6) is 5.75 Å². The third kappa shape index (κ3) is 4.13. The van der Waals surface area contributed by atoms with Gasteiger partial charge in [-0.3, -0.25) is 0 Å². The summed E-state index contributed by atoms with van der Waals surface area (Å²) in [7, 11) is 1.52. The van der Waals surface area contributed by atoms with Crippen LogP contribution in [0.15, 0.2) is 40.9 Å². The summed E-state index contributed by atoms with van der Waals surface area (Å²) in [5.41, 5.74) is 1.62. The molecule has 3 N–H and O–H groups in total. The van der Waals surface area contributed by atoms with Crippen molar-refractivity contribution in [2.24, 2.45) is 0 Å². The number of anilines is 2. The Bertz CT molecular complexity index is 694. The number of nitrogens with one attached hydrogen (secondary N) is 2. The van der Waals surface area contributed by atoms with Gasteiger partial charge in [-0.2, -0.15) is 0 Å². The number of halogens is 2. The molecule has 0 aliphatic rings. The fourth-order valence-corrected chi connectivity index (χ4v) is 2.59. The van der Waals surface area contributed by atoms with Crippen LogP contribution >= 0.6 is 27.5 Å². The van der Waals surface area contributed by atoms with Gasteiger partial charge in [0.25, 0.3) is 0 Å². The van der Waals surface area contributed by atoms with E-state index in [2.05, 4.69) is 26.6 Å². The van der Waals surface area contributed by atoms with Crippen LogP contribution in [0, 0.1) is 0 Å². The number of rotatable bonds is 4. The highest BCUT2D eigenvalue weighted by molar-refractivity contribution is 9.10. The van der Waals surface area contributed by atoms with Gasteiger partial charge < -0.3 is 20.5 Å². The van der Waals surface area contributed by atoms with Crippen LogP contribution in [-0.4, -0.2) is 18.2 Å². The van der Waals surface area contributed by atoms with E-state index in [0.717, 1.165) is 4.47 Å². The number of carbonyl (C=O) groups is 1. The first-order valence-corrected chi connectivity index (χ1v) is 7.51. The standard InChI is InChI=1S/C15H14BrClN2O3/c1-22-11-6-9(17)5-10(7-11)18-15(21)19-14-4-2-3-13(16)12(14)8-20/h2-7,20H,8H2,1H3,(H2,18,19,21). The Labute approximate surface area is 141 Å². The molecule has 0 aromatic heterocycles. The summed E-state index contributed by atoms with van der Waals surface area (Å²) in [6.07, 6.45) is 0. The monoisotopic (exact) mass is 384 g/mol. The second kappa shape index (κ2) is 7.49. The molecule has 22 heavy (non-hydrogen) atoms. The van der Waals surface area contributed by atoms with Crippen LogP contribution < -0.4 is 15.4 Å². The molecule has 2 rings (SSSR count). The number of methoxy groups -OCH3 is 1. The number of hydrogen-bond acceptors (Lipinski definition) is 3. The third-order valence-corrected chi connectivity index (χ3v) is 3.85. The van der Waals surface area contributed by atoms with E-state index in [1.165, 1.54) is 7.11 Å². The van der Waals surface area contributed by atoms with E-state index in [0.29, 0.717) is 27.7 Å². The highest BCUT2D eigenvalue weighted by Gasteiger charge is 2.10. The minimum Gasteiger partial charge on any atom is -0.497 e. The molecule has 0 saturated carbocycles. The molecule has 0 bridgehead atoms. The molecular weight excluding hydrogens is 372 g/mol. The molecule has 0 fully saturated rings. The van der Waals surface area contributed by atoms with E-state index < -0.39 is 6.03 Å². The molecule has 116 valence electrons. The van der Waals surface area contributed by atoms with Crippen LogP contribution in [0.1, 0.15) is 5.56 Å². The average Bonchev–Trinajstić information content (AvgIpc) is 2.46. The molecule has 0 atom stereocenters. The van der Waals surface area contributed by atoms with Gasteiger partial charge in [0, 0.05) is 32.5 Å². The van der Waals surface area contributed by atoms with Crippen molar-refractivity contribution in [1.29, 1.82) is 0 Å². The molecule has 0 aliphatic carbocycles. The highest BCUT2D eigenvalue weighted by atomic mass is 79.9. The lowest BCUT2D eigenvalue weighted by atomic mass is 10.2. The Morgan fingerprint density at radius 1 is 1.32 bits per heavy atom. The van der Waals surface area contributed by atoms with Crippen molar-refractivity contribution in [3.8, 4) is 5.75 Å². The van der Waals surface area contributed by atoms with Gasteiger partial charge in [0.1, 0.15) is 5.75 Å². The predicted octanol–water partition coefficient (Wildman–Crippen LogP) is 4.25. The Morgan fingerprint density at radius 2 is 2.09 bits per heavy atom. The van der Waals surface area contributed by atoms with Crippen molar-refractivity contribution < 1.29 is 14.6 Å². The minimum absolute atomic E-state index is 0.192. The first-order valence-electron chi connectivity index (χ1n) is 6.34. The van der Waals surface area contributed by atoms with Crippen molar-refractivity contribution in [1.82, 2.24) is 0 Å². The van der Waals surface area contributed by atoms with E-state index in [-0.39, 0.29) is 6.61 Å². The molecule has 5 nitrogen and oxygen atoms in total. The minimum atomic E-state index is -0.447. The van der Waals surface area contributed by atoms with E-state index in [9.17, 15) is 9.90 Å². The van der Waals surface area contributed by atoms with Crippen molar-refractivity contribution in [3.05, 3.63) is 51.5 Å². The number of aliphatic hydroxyl groups is 1. The van der Waals surface area contributed by atoms with Gasteiger partial charge >= 0.3 is 6.03 Å². The zero-order valence-electron chi connectivity index (χ0n) is 11.7. The molecule has 2 aromatic carbocycles. The zero-order chi connectivity index (χ0) is 16.1. The summed E-state index contributed by atoms with van der Waals surface area (Å²) in [5, 5.41) is 15.2. The Hall–Kier alpha value is -1.76. The SMILES string of the molecule is COc1cc(Cl)cc(NC(=O)Nc2cccc(Br)c2CO)c1. The largest absolute Gasteiger partial charge is 0.497 e. The van der Waals surface area contributed by atoms with Gasteiger partial charge in [-0.25, -0.2) is 4.79 Å². The quantitative estimate of drug-likeness (QED) is 0.737. The van der Waals surface area contributed by atoms with Crippen LogP contribution in [0.2, 0.25) is 5.02 Å². The molecule has 0 saturated heterocycles. The number of ether oxygens (including phenoxy) is 1. The van der Waals surface area contributed by atoms with Crippen LogP contribution in [0.3, 0.4) is 0 Å². The van der Waals surface area contributed by atoms with E-state index in [1.807, 2.05) is 0 Å². The first-order chi connectivity index (χ1) is 10.5. The summed E-state index contributed by atoms with van der Waals surface area (Å²) in [6.45, 7) is -0.192. The maximum atomic E-state index is 12.1. The van der Waals surface area contributed by atoms with Crippen molar-refractivity contribution >= 4 is 44.9 Å². The fraction of sp³-hybridized carbons (Fsp3) is 0.133. The summed E-state index contributed by atoms with van der Waals surface area (Å²) in [5.74, 6) is 0.543. The maximum absolute atomic E-state index is 12.1. The van der Waals surface area contributed by atoms with Gasteiger partial charge in [0.2, 0.25) is 0 Å². The molecule has 2 aromatic rings. The molecule has 0 unspecified atom stereocenters. The normalized spacial score (nSPS) is 10.2. The lowest BCUT2D eigenvalue weighted by molar-refractivity contribution is 0.262. The third-order valence-electron chi connectivity index (χ3n) is 2.89. The molecule has 0 aliphatic heterocycles. The zero-order valence-corrected chi connectivity index (χ0v) is 14.0. The summed E-state index contributed by atoms with van der Waals surface area (Å²) in [4.78, 5) is 12.1. The second-order valence-electron chi connectivity index (χ2n) is 4.38. The molecule has 0 radical (unpaired) electrons. The molecule has 7 heteroatoms. The molecule has 2 amide bonds. The van der Waals surface area contributed by atoms with Gasteiger partial charge in [-0.15, -0.1) is 0 Å². The number of carbonyl (C=O) groups excluding carboxylic acids is 1. The Balaban J connectivity index is 2.14. The fourth-order valence-electron chi connectivity index (χ4n) is 1.87. The number of urea groups is 1. The molecule has 0 heterocycles. The predicted molar refractivity (Wildman–Crippen MR) is 90.7 cm³/mol. The maximum Gasteiger partial charge on any atom is 0.323 e. The topological polar surface area (TPSA) is 70.6 Å². The van der Waals surface area contributed by atoms with Crippen LogP contribution in [-0.2, 0) is 6.61 Å². The van der Waals surface area contributed by atoms with Crippen LogP contribution in [0.4, 0.5) is 16.2 Å². The lowest BCUT2D eigenvalue weighted by Gasteiger charge is -2.12. The van der Waals surface area contributed by atoms with E-state index in [1.54, 1.807) is 36.4 Å². The lowest BCUT2D eigenvalue weighted by Crippen LogP contribution is -2.20.